The van der Waals surface area contributed by atoms with E-state index in [2.05, 4.69) is 15.7 Å². The number of nitrogens with one attached hydrogen (secondary N) is 2. The molecule has 27 heavy (non-hydrogen) atoms. The molecule has 1 heterocycles. The SMILES string of the molecule is CCc1ccccc1NC(=O)Cn1nc(C(=O)NC)c2ccccc2c1=O. The quantitative estimate of drug-likeness (QED) is 0.724. The van der Waals surface area contributed by atoms with Gasteiger partial charge in [0, 0.05) is 18.1 Å². The Bertz CT molecular complexity index is 1070. The van der Waals surface area contributed by atoms with Crippen LogP contribution in [0.15, 0.2) is 53.3 Å². The lowest BCUT2D eigenvalue weighted by Crippen LogP contribution is -2.33. The van der Waals surface area contributed by atoms with Crippen molar-refractivity contribution < 1.29 is 9.59 Å². The molecule has 3 rings (SSSR count). The molecule has 1 aromatic heterocycles. The van der Waals surface area contributed by atoms with Gasteiger partial charge in [0.1, 0.15) is 6.54 Å². The molecule has 7 heteroatoms. The second kappa shape index (κ2) is 7.82. The molecule has 0 aliphatic carbocycles. The van der Waals surface area contributed by atoms with Crippen LogP contribution in [0, 0.1) is 0 Å². The number of aromatic nitrogens is 2. The third-order valence-electron chi connectivity index (χ3n) is 4.28. The largest absolute Gasteiger partial charge is 0.354 e. The average Bonchev–Trinajstić information content (AvgIpc) is 2.70. The molecule has 2 aromatic carbocycles. The van der Waals surface area contributed by atoms with Gasteiger partial charge in [-0.2, -0.15) is 5.10 Å². The van der Waals surface area contributed by atoms with E-state index in [0.717, 1.165) is 16.7 Å². The van der Waals surface area contributed by atoms with Gasteiger partial charge in [-0.05, 0) is 24.1 Å². The molecule has 0 atom stereocenters. The number of nitrogens with zero attached hydrogens (tertiary/aromatic N) is 2. The molecule has 0 aliphatic heterocycles. The zero-order valence-electron chi connectivity index (χ0n) is 15.2. The summed E-state index contributed by atoms with van der Waals surface area (Å²) in [5.74, 6) is -0.805. The van der Waals surface area contributed by atoms with Gasteiger partial charge in [-0.25, -0.2) is 4.68 Å². The highest BCUT2D eigenvalue weighted by Crippen LogP contribution is 2.16. The average molecular weight is 364 g/mol. The summed E-state index contributed by atoms with van der Waals surface area (Å²) in [4.78, 5) is 37.3. The molecule has 0 unspecified atom stereocenters. The molecule has 0 bridgehead atoms. The number of carbonyl (C=O) groups excluding carboxylic acids is 2. The Hall–Kier alpha value is -3.48. The van der Waals surface area contributed by atoms with Crippen LogP contribution < -0.4 is 16.2 Å². The molecule has 0 fully saturated rings. The van der Waals surface area contributed by atoms with Gasteiger partial charge in [0.15, 0.2) is 5.69 Å². The maximum Gasteiger partial charge on any atom is 0.275 e. The van der Waals surface area contributed by atoms with Gasteiger partial charge in [-0.15, -0.1) is 0 Å². The number of fused-ring (bicyclic) bond motifs is 1. The Morgan fingerprint density at radius 3 is 2.41 bits per heavy atom. The minimum absolute atomic E-state index is 0.106. The van der Waals surface area contributed by atoms with Gasteiger partial charge in [0.25, 0.3) is 11.5 Å². The van der Waals surface area contributed by atoms with E-state index < -0.39 is 11.5 Å². The summed E-state index contributed by atoms with van der Waals surface area (Å²) in [5, 5.41) is 10.2. The van der Waals surface area contributed by atoms with E-state index in [9.17, 15) is 14.4 Å². The normalized spacial score (nSPS) is 10.6. The Balaban J connectivity index is 1.97. The monoisotopic (exact) mass is 364 g/mol. The summed E-state index contributed by atoms with van der Waals surface area (Å²) < 4.78 is 1.02. The summed E-state index contributed by atoms with van der Waals surface area (Å²) in [5.41, 5.74) is 1.38. The van der Waals surface area contributed by atoms with Gasteiger partial charge in [-0.1, -0.05) is 43.3 Å². The molecule has 0 aliphatic rings. The minimum atomic E-state index is -0.420. The molecule has 7 nitrogen and oxygen atoms in total. The highest BCUT2D eigenvalue weighted by atomic mass is 16.2. The number of amides is 2. The second-order valence-corrected chi connectivity index (χ2v) is 5.99. The van der Waals surface area contributed by atoms with Crippen molar-refractivity contribution in [1.29, 1.82) is 0 Å². The number of anilines is 1. The Kier molecular flexibility index (Phi) is 5.30. The van der Waals surface area contributed by atoms with E-state index >= 15 is 0 Å². The number of hydrogen-bond acceptors (Lipinski definition) is 4. The molecule has 0 spiro atoms. The number of hydrogen-bond donors (Lipinski definition) is 2. The zero-order chi connectivity index (χ0) is 19.4. The van der Waals surface area contributed by atoms with Crippen LogP contribution in [0.1, 0.15) is 23.0 Å². The lowest BCUT2D eigenvalue weighted by Gasteiger charge is -2.12. The molecule has 2 amide bonds. The molecule has 0 saturated carbocycles. The molecule has 0 radical (unpaired) electrons. The first-order chi connectivity index (χ1) is 13.0. The van der Waals surface area contributed by atoms with E-state index in [0.29, 0.717) is 16.5 Å². The molecule has 138 valence electrons. The van der Waals surface area contributed by atoms with Crippen molar-refractivity contribution in [1.82, 2.24) is 15.1 Å². The van der Waals surface area contributed by atoms with Crippen molar-refractivity contribution in [2.24, 2.45) is 0 Å². The maximum absolute atomic E-state index is 12.7. The number of aryl methyl sites for hydroxylation is 1. The van der Waals surface area contributed by atoms with Crippen LogP contribution in [0.2, 0.25) is 0 Å². The third kappa shape index (κ3) is 3.72. The number of carbonyl (C=O) groups is 2. The van der Waals surface area contributed by atoms with Crippen molar-refractivity contribution in [2.45, 2.75) is 19.9 Å². The predicted molar refractivity (Wildman–Crippen MR) is 104 cm³/mol. The lowest BCUT2D eigenvalue weighted by atomic mass is 10.1. The highest BCUT2D eigenvalue weighted by molar-refractivity contribution is 6.04. The Morgan fingerprint density at radius 1 is 1.04 bits per heavy atom. The van der Waals surface area contributed by atoms with E-state index in [1.165, 1.54) is 7.05 Å². The third-order valence-corrected chi connectivity index (χ3v) is 4.28. The van der Waals surface area contributed by atoms with Gasteiger partial charge in [-0.3, -0.25) is 14.4 Å². The first kappa shape index (κ1) is 18.3. The van der Waals surface area contributed by atoms with E-state index in [-0.39, 0.29) is 18.1 Å². The summed E-state index contributed by atoms with van der Waals surface area (Å²) in [6, 6.07) is 14.2. The number of benzene rings is 2. The fourth-order valence-electron chi connectivity index (χ4n) is 2.90. The van der Waals surface area contributed by atoms with E-state index in [4.69, 9.17) is 0 Å². The van der Waals surface area contributed by atoms with Crippen LogP contribution in [0.3, 0.4) is 0 Å². The number of para-hydroxylation sites is 1. The second-order valence-electron chi connectivity index (χ2n) is 5.99. The first-order valence-corrected chi connectivity index (χ1v) is 8.64. The highest BCUT2D eigenvalue weighted by Gasteiger charge is 2.17. The van der Waals surface area contributed by atoms with E-state index in [1.54, 1.807) is 24.3 Å². The van der Waals surface area contributed by atoms with Gasteiger partial charge in [0.2, 0.25) is 5.91 Å². The van der Waals surface area contributed by atoms with Crippen molar-refractivity contribution >= 4 is 28.3 Å². The Morgan fingerprint density at radius 2 is 1.70 bits per heavy atom. The molecule has 0 saturated heterocycles. The van der Waals surface area contributed by atoms with Crippen molar-refractivity contribution in [3.63, 3.8) is 0 Å². The standard InChI is InChI=1S/C20H20N4O3/c1-3-13-8-4-7-11-16(13)22-17(25)12-24-20(27)15-10-6-5-9-14(15)18(23-24)19(26)21-2/h4-11H,3,12H2,1-2H3,(H,21,26)(H,22,25). The van der Waals surface area contributed by atoms with Gasteiger partial charge in [0.05, 0.1) is 5.39 Å². The van der Waals surface area contributed by atoms with Crippen molar-refractivity contribution in [2.75, 3.05) is 12.4 Å². The van der Waals surface area contributed by atoms with Crippen molar-refractivity contribution in [3.05, 3.63) is 70.1 Å². The molecular weight excluding hydrogens is 344 g/mol. The molecular formula is C20H20N4O3. The first-order valence-electron chi connectivity index (χ1n) is 8.64. The summed E-state index contributed by atoms with van der Waals surface area (Å²) >= 11 is 0. The fraction of sp³-hybridized carbons (Fsp3) is 0.200. The predicted octanol–water partition coefficient (Wildman–Crippen LogP) is 1.96. The minimum Gasteiger partial charge on any atom is -0.354 e. The smallest absolute Gasteiger partial charge is 0.275 e. The van der Waals surface area contributed by atoms with Crippen LogP contribution in [0.4, 0.5) is 5.69 Å². The summed E-state index contributed by atoms with van der Waals surface area (Å²) in [6.07, 6.45) is 0.769. The van der Waals surface area contributed by atoms with Crippen molar-refractivity contribution in [3.8, 4) is 0 Å². The van der Waals surface area contributed by atoms with Crippen LogP contribution in [-0.2, 0) is 17.8 Å². The van der Waals surface area contributed by atoms with Crippen LogP contribution in [-0.4, -0.2) is 28.6 Å². The number of rotatable bonds is 5. The fourth-order valence-corrected chi connectivity index (χ4v) is 2.90. The maximum atomic E-state index is 12.7. The van der Waals surface area contributed by atoms with Crippen LogP contribution in [0.25, 0.3) is 10.8 Å². The van der Waals surface area contributed by atoms with Gasteiger partial charge < -0.3 is 10.6 Å². The lowest BCUT2D eigenvalue weighted by molar-refractivity contribution is -0.117. The van der Waals surface area contributed by atoms with Crippen LogP contribution in [0.5, 0.6) is 0 Å². The van der Waals surface area contributed by atoms with E-state index in [1.807, 2.05) is 31.2 Å². The van der Waals surface area contributed by atoms with Gasteiger partial charge >= 0.3 is 0 Å². The zero-order valence-corrected chi connectivity index (χ0v) is 15.2. The summed E-state index contributed by atoms with van der Waals surface area (Å²) in [6.45, 7) is 1.71. The van der Waals surface area contributed by atoms with Crippen LogP contribution >= 0.6 is 0 Å². The summed E-state index contributed by atoms with van der Waals surface area (Å²) in [7, 11) is 1.49. The Labute approximate surface area is 156 Å². The molecule has 3 aromatic rings. The topological polar surface area (TPSA) is 93.1 Å². The molecule has 2 N–H and O–H groups in total.